The lowest BCUT2D eigenvalue weighted by atomic mass is 9.88. The van der Waals surface area contributed by atoms with Crippen LogP contribution in [0.2, 0.25) is 0 Å². The van der Waals surface area contributed by atoms with Crippen molar-refractivity contribution in [2.45, 2.75) is 0 Å². The van der Waals surface area contributed by atoms with Crippen LogP contribution in [0, 0.1) is 20.2 Å². The summed E-state index contributed by atoms with van der Waals surface area (Å²) < 4.78 is 22.1. The topological polar surface area (TPSA) is 140 Å². The minimum Gasteiger partial charge on any atom is -0.496 e. The fourth-order valence-electron chi connectivity index (χ4n) is 4.49. The number of methoxy groups -OCH3 is 4. The van der Waals surface area contributed by atoms with Crippen molar-refractivity contribution in [2.75, 3.05) is 28.4 Å². The lowest BCUT2D eigenvalue weighted by Crippen LogP contribution is -2.09. The molecule has 0 unspecified atom stereocenters. The van der Waals surface area contributed by atoms with Gasteiger partial charge in [0.2, 0.25) is 0 Å². The lowest BCUT2D eigenvalue weighted by molar-refractivity contribution is -0.385. The molecule has 0 fully saturated rings. The first-order chi connectivity index (χ1) is 19.2. The average Bonchev–Trinajstić information content (AvgIpc) is 2.98. The number of hydrogen-bond donors (Lipinski definition) is 0. The standard InChI is InChI=1S/C29H24N2O9/c1-37-23-13-11-17(30(33)34)15-21(23)27-19(7-5-9-25(27)39-3)29(32)20-8-6-10-26(40-4)28(20)22-16-18(31(35)36)12-14-24(22)38-2/h5-16H,1-4H3. The van der Waals surface area contributed by atoms with E-state index in [9.17, 15) is 25.0 Å². The van der Waals surface area contributed by atoms with Crippen LogP contribution in [0.5, 0.6) is 23.0 Å². The van der Waals surface area contributed by atoms with Gasteiger partial charge in [0.05, 0.1) is 38.3 Å². The van der Waals surface area contributed by atoms with Crippen LogP contribution in [-0.2, 0) is 0 Å². The molecule has 0 saturated carbocycles. The fourth-order valence-corrected chi connectivity index (χ4v) is 4.49. The Kier molecular flexibility index (Phi) is 7.94. The zero-order valence-corrected chi connectivity index (χ0v) is 22.0. The summed E-state index contributed by atoms with van der Waals surface area (Å²) in [6.45, 7) is 0. The summed E-state index contributed by atoms with van der Waals surface area (Å²) in [5.74, 6) is 0.639. The number of nitro groups is 2. The summed E-state index contributed by atoms with van der Waals surface area (Å²) in [7, 11) is 5.66. The van der Waals surface area contributed by atoms with E-state index in [0.29, 0.717) is 0 Å². The van der Waals surface area contributed by atoms with E-state index in [4.69, 9.17) is 18.9 Å². The number of ketones is 1. The Morgan fingerprint density at radius 3 is 1.27 bits per heavy atom. The van der Waals surface area contributed by atoms with Crippen LogP contribution in [0.3, 0.4) is 0 Å². The zero-order valence-electron chi connectivity index (χ0n) is 22.0. The third-order valence-corrected chi connectivity index (χ3v) is 6.31. The third kappa shape index (κ3) is 4.99. The van der Waals surface area contributed by atoms with Gasteiger partial charge in [0, 0.05) is 57.6 Å². The summed E-state index contributed by atoms with van der Waals surface area (Å²) in [4.78, 5) is 36.4. The molecule has 11 nitrogen and oxygen atoms in total. The number of benzene rings is 4. The van der Waals surface area contributed by atoms with Crippen LogP contribution in [0.25, 0.3) is 22.3 Å². The Hall–Kier alpha value is -5.45. The van der Waals surface area contributed by atoms with E-state index < -0.39 is 15.6 Å². The molecule has 4 aromatic carbocycles. The number of carbonyl (C=O) groups is 1. The Labute approximate surface area is 228 Å². The second kappa shape index (κ2) is 11.5. The van der Waals surface area contributed by atoms with Crippen LogP contribution in [0.15, 0.2) is 72.8 Å². The van der Waals surface area contributed by atoms with E-state index in [1.807, 2.05) is 0 Å². The van der Waals surface area contributed by atoms with Crippen LogP contribution < -0.4 is 18.9 Å². The fraction of sp³-hybridized carbons (Fsp3) is 0.138. The van der Waals surface area contributed by atoms with Gasteiger partial charge in [-0.1, -0.05) is 24.3 Å². The van der Waals surface area contributed by atoms with Crippen LogP contribution in [0.1, 0.15) is 15.9 Å². The molecular weight excluding hydrogens is 520 g/mol. The summed E-state index contributed by atoms with van der Waals surface area (Å²) in [5, 5.41) is 23.2. The number of carbonyl (C=O) groups excluding carboxylic acids is 1. The maximum atomic E-state index is 14.3. The summed E-state index contributed by atoms with van der Waals surface area (Å²) in [6.07, 6.45) is 0. The molecule has 0 atom stereocenters. The highest BCUT2D eigenvalue weighted by Crippen LogP contribution is 2.45. The van der Waals surface area contributed by atoms with Crippen molar-refractivity contribution in [2.24, 2.45) is 0 Å². The highest BCUT2D eigenvalue weighted by molar-refractivity contribution is 6.17. The van der Waals surface area contributed by atoms with Crippen LogP contribution in [0.4, 0.5) is 11.4 Å². The van der Waals surface area contributed by atoms with E-state index in [1.165, 1.54) is 64.8 Å². The van der Waals surface area contributed by atoms with Crippen molar-refractivity contribution in [3.63, 3.8) is 0 Å². The van der Waals surface area contributed by atoms with Crippen molar-refractivity contribution in [1.82, 2.24) is 0 Å². The summed E-state index contributed by atoms with van der Waals surface area (Å²) >= 11 is 0. The molecular formula is C29H24N2O9. The van der Waals surface area contributed by atoms with Gasteiger partial charge < -0.3 is 18.9 Å². The van der Waals surface area contributed by atoms with Gasteiger partial charge >= 0.3 is 0 Å². The maximum absolute atomic E-state index is 14.3. The van der Waals surface area contributed by atoms with Crippen molar-refractivity contribution < 1.29 is 33.6 Å². The number of rotatable bonds is 10. The van der Waals surface area contributed by atoms with Gasteiger partial charge in [-0.3, -0.25) is 25.0 Å². The number of nitro benzene ring substituents is 2. The van der Waals surface area contributed by atoms with Crippen molar-refractivity contribution in [1.29, 1.82) is 0 Å². The summed E-state index contributed by atoms with van der Waals surface area (Å²) in [6, 6.07) is 17.7. The Morgan fingerprint density at radius 2 is 0.950 bits per heavy atom. The predicted octanol–water partition coefficient (Wildman–Crippen LogP) is 6.10. The molecule has 4 rings (SSSR count). The Balaban J connectivity index is 2.04. The number of nitrogens with zero attached hydrogens (tertiary/aromatic N) is 2. The first-order valence-electron chi connectivity index (χ1n) is 11.8. The highest BCUT2D eigenvalue weighted by Gasteiger charge is 2.27. The van der Waals surface area contributed by atoms with Crippen molar-refractivity contribution in [3.8, 4) is 45.3 Å². The molecule has 0 saturated heterocycles. The first kappa shape index (κ1) is 27.6. The maximum Gasteiger partial charge on any atom is 0.270 e. The molecule has 0 aromatic heterocycles. The lowest BCUT2D eigenvalue weighted by Gasteiger charge is -2.19. The van der Waals surface area contributed by atoms with Gasteiger partial charge in [-0.25, -0.2) is 0 Å². The monoisotopic (exact) mass is 544 g/mol. The van der Waals surface area contributed by atoms with Gasteiger partial charge in [-0.15, -0.1) is 0 Å². The van der Waals surface area contributed by atoms with Crippen LogP contribution in [-0.4, -0.2) is 44.1 Å². The predicted molar refractivity (Wildman–Crippen MR) is 147 cm³/mol. The largest absolute Gasteiger partial charge is 0.496 e. The first-order valence-corrected chi connectivity index (χ1v) is 11.8. The highest BCUT2D eigenvalue weighted by atomic mass is 16.6. The normalized spacial score (nSPS) is 10.5. The van der Waals surface area contributed by atoms with Gasteiger partial charge in [0.15, 0.2) is 5.78 Å². The second-order valence-corrected chi connectivity index (χ2v) is 8.38. The molecule has 204 valence electrons. The van der Waals surface area contributed by atoms with E-state index in [-0.39, 0.29) is 67.8 Å². The molecule has 0 heterocycles. The molecule has 0 aliphatic carbocycles. The average molecular weight is 545 g/mol. The zero-order chi connectivity index (χ0) is 29.0. The summed E-state index contributed by atoms with van der Waals surface area (Å²) in [5.41, 5.74) is 0.983. The molecule has 40 heavy (non-hydrogen) atoms. The number of non-ortho nitro benzene ring substituents is 2. The SMILES string of the molecule is COc1ccc([N+](=O)[O-])cc1-c1c(OC)cccc1C(=O)c1cccc(OC)c1-c1cc([N+](=O)[O-])ccc1OC. The van der Waals surface area contributed by atoms with Gasteiger partial charge in [-0.05, 0) is 24.3 Å². The molecule has 11 heteroatoms. The molecule has 0 radical (unpaired) electrons. The van der Waals surface area contributed by atoms with E-state index >= 15 is 0 Å². The van der Waals surface area contributed by atoms with Gasteiger partial charge in [0.1, 0.15) is 23.0 Å². The van der Waals surface area contributed by atoms with Crippen molar-refractivity contribution >= 4 is 17.2 Å². The minimum absolute atomic E-state index is 0.150. The van der Waals surface area contributed by atoms with Crippen molar-refractivity contribution in [3.05, 3.63) is 104 Å². The Morgan fingerprint density at radius 1 is 0.575 bits per heavy atom. The van der Waals surface area contributed by atoms with E-state index in [0.717, 1.165) is 0 Å². The van der Waals surface area contributed by atoms with Gasteiger partial charge in [0.25, 0.3) is 11.4 Å². The molecule has 0 spiro atoms. The molecule has 0 aliphatic heterocycles. The second-order valence-electron chi connectivity index (χ2n) is 8.38. The smallest absolute Gasteiger partial charge is 0.270 e. The molecule has 0 amide bonds. The third-order valence-electron chi connectivity index (χ3n) is 6.31. The Bertz CT molecular complexity index is 1510. The number of hydrogen-bond acceptors (Lipinski definition) is 9. The molecule has 0 aliphatic rings. The molecule has 4 aromatic rings. The van der Waals surface area contributed by atoms with Gasteiger partial charge in [-0.2, -0.15) is 0 Å². The molecule has 0 N–H and O–H groups in total. The van der Waals surface area contributed by atoms with E-state index in [1.54, 1.807) is 36.4 Å². The quantitative estimate of drug-likeness (QED) is 0.131. The van der Waals surface area contributed by atoms with E-state index in [2.05, 4.69) is 0 Å². The molecule has 0 bridgehead atoms. The number of ether oxygens (including phenoxy) is 4. The van der Waals surface area contributed by atoms with Crippen LogP contribution >= 0.6 is 0 Å². The minimum atomic E-state index is -0.547.